The van der Waals surface area contributed by atoms with Crippen LogP contribution in [0.2, 0.25) is 0 Å². The van der Waals surface area contributed by atoms with Crippen molar-refractivity contribution in [1.29, 1.82) is 0 Å². The van der Waals surface area contributed by atoms with Gasteiger partial charge in [-0.15, -0.1) is 6.58 Å². The maximum atomic E-state index is 3.76. The maximum absolute atomic E-state index is 3.76. The number of rotatable bonds is 3. The fourth-order valence-electron chi connectivity index (χ4n) is 0.916. The molecule has 0 amide bonds. The van der Waals surface area contributed by atoms with Gasteiger partial charge >= 0.3 is 0 Å². The molecule has 0 spiro atoms. The highest BCUT2D eigenvalue weighted by Gasteiger charge is 2.13. The first-order valence-electron chi connectivity index (χ1n) is 4.58. The average molecular weight is 166 g/mol. The summed E-state index contributed by atoms with van der Waals surface area (Å²) >= 11 is 0. The van der Waals surface area contributed by atoms with Gasteiger partial charge in [0.1, 0.15) is 0 Å². The first kappa shape index (κ1) is 11.5. The lowest BCUT2D eigenvalue weighted by Gasteiger charge is -2.20. The second-order valence-electron chi connectivity index (χ2n) is 5.18. The molecular formula is C12H22. The van der Waals surface area contributed by atoms with Crippen molar-refractivity contribution >= 4 is 0 Å². The molecule has 0 heteroatoms. The van der Waals surface area contributed by atoms with Crippen LogP contribution in [0.15, 0.2) is 24.8 Å². The van der Waals surface area contributed by atoms with Crippen molar-refractivity contribution in [1.82, 2.24) is 0 Å². The first-order valence-corrected chi connectivity index (χ1v) is 4.58. The Hall–Kier alpha value is -0.520. The lowest BCUT2D eigenvalue weighted by atomic mass is 9.85. The van der Waals surface area contributed by atoms with Gasteiger partial charge < -0.3 is 0 Å². The second kappa shape index (κ2) is 3.93. The Bertz CT molecular complexity index is 165. The first-order chi connectivity index (χ1) is 5.27. The van der Waals surface area contributed by atoms with E-state index in [9.17, 15) is 0 Å². The third-order valence-corrected chi connectivity index (χ3v) is 1.70. The topological polar surface area (TPSA) is 0 Å². The predicted molar refractivity (Wildman–Crippen MR) is 57.2 cm³/mol. The van der Waals surface area contributed by atoms with E-state index in [1.165, 1.54) is 0 Å². The van der Waals surface area contributed by atoms with Crippen LogP contribution < -0.4 is 0 Å². The molecule has 0 aromatic carbocycles. The Morgan fingerprint density at radius 3 is 1.83 bits per heavy atom. The van der Waals surface area contributed by atoms with E-state index in [0.29, 0.717) is 5.41 Å². The SMILES string of the molecule is C=CCC(C)(C)C=CC(C)(C)C. The summed E-state index contributed by atoms with van der Waals surface area (Å²) in [5.74, 6) is 0. The van der Waals surface area contributed by atoms with Gasteiger partial charge in [0.05, 0.1) is 0 Å². The normalized spacial score (nSPS) is 13.8. The molecule has 0 aromatic heterocycles. The zero-order valence-corrected chi connectivity index (χ0v) is 9.15. The second-order valence-corrected chi connectivity index (χ2v) is 5.18. The Morgan fingerprint density at radius 2 is 1.50 bits per heavy atom. The summed E-state index contributed by atoms with van der Waals surface area (Å²) in [6.07, 6.45) is 7.58. The van der Waals surface area contributed by atoms with Crippen molar-refractivity contribution in [2.24, 2.45) is 10.8 Å². The quantitative estimate of drug-likeness (QED) is 0.551. The zero-order chi connectivity index (χ0) is 9.83. The van der Waals surface area contributed by atoms with Crippen LogP contribution in [-0.4, -0.2) is 0 Å². The highest BCUT2D eigenvalue weighted by atomic mass is 14.2. The summed E-state index contributed by atoms with van der Waals surface area (Å²) in [5, 5.41) is 0. The minimum absolute atomic E-state index is 0.259. The molecule has 0 nitrogen and oxygen atoms in total. The van der Waals surface area contributed by atoms with Gasteiger partial charge in [-0.1, -0.05) is 52.8 Å². The molecule has 0 aliphatic carbocycles. The molecule has 0 rings (SSSR count). The molecule has 70 valence electrons. The molecule has 0 saturated heterocycles. The van der Waals surface area contributed by atoms with Gasteiger partial charge in [-0.3, -0.25) is 0 Å². The van der Waals surface area contributed by atoms with Crippen LogP contribution in [0.1, 0.15) is 41.0 Å². The van der Waals surface area contributed by atoms with Crippen LogP contribution in [0, 0.1) is 10.8 Å². The zero-order valence-electron chi connectivity index (χ0n) is 9.15. The Morgan fingerprint density at radius 1 is 1.00 bits per heavy atom. The van der Waals surface area contributed by atoms with Gasteiger partial charge in [0, 0.05) is 0 Å². The number of hydrogen-bond acceptors (Lipinski definition) is 0. The van der Waals surface area contributed by atoms with E-state index in [-0.39, 0.29) is 5.41 Å². The number of hydrogen-bond donors (Lipinski definition) is 0. The molecule has 12 heavy (non-hydrogen) atoms. The molecule has 0 N–H and O–H groups in total. The standard InChI is InChI=1S/C12H22/c1-7-8-12(5,6)10-9-11(2,3)4/h7,9-10H,1,8H2,2-6H3. The number of allylic oxidation sites excluding steroid dienone is 3. The molecule has 0 saturated carbocycles. The van der Waals surface area contributed by atoms with E-state index < -0.39 is 0 Å². The van der Waals surface area contributed by atoms with E-state index in [1.54, 1.807) is 0 Å². The molecular weight excluding hydrogens is 144 g/mol. The van der Waals surface area contributed by atoms with Crippen molar-refractivity contribution < 1.29 is 0 Å². The van der Waals surface area contributed by atoms with Gasteiger partial charge in [-0.05, 0) is 17.3 Å². The summed E-state index contributed by atoms with van der Waals surface area (Å²) in [6, 6.07) is 0. The molecule has 0 fully saturated rings. The van der Waals surface area contributed by atoms with E-state index in [1.807, 2.05) is 6.08 Å². The van der Waals surface area contributed by atoms with E-state index in [4.69, 9.17) is 0 Å². The summed E-state index contributed by atoms with van der Waals surface area (Å²) in [6.45, 7) is 14.9. The lowest BCUT2D eigenvalue weighted by molar-refractivity contribution is 0.468. The van der Waals surface area contributed by atoms with Crippen LogP contribution in [-0.2, 0) is 0 Å². The molecule has 0 radical (unpaired) electrons. The minimum Gasteiger partial charge on any atom is -0.103 e. The van der Waals surface area contributed by atoms with Gasteiger partial charge in [-0.25, -0.2) is 0 Å². The lowest BCUT2D eigenvalue weighted by Crippen LogP contribution is -2.08. The molecule has 0 aliphatic rings. The summed E-state index contributed by atoms with van der Waals surface area (Å²) in [7, 11) is 0. The van der Waals surface area contributed by atoms with Crippen LogP contribution in [0.25, 0.3) is 0 Å². The Kier molecular flexibility index (Phi) is 3.76. The summed E-state index contributed by atoms with van der Waals surface area (Å²) in [4.78, 5) is 0. The average Bonchev–Trinajstić information content (AvgIpc) is 1.83. The van der Waals surface area contributed by atoms with Gasteiger partial charge in [0.2, 0.25) is 0 Å². The highest BCUT2D eigenvalue weighted by Crippen LogP contribution is 2.25. The van der Waals surface area contributed by atoms with Crippen LogP contribution in [0.3, 0.4) is 0 Å². The maximum Gasteiger partial charge on any atom is -0.0140 e. The van der Waals surface area contributed by atoms with Gasteiger partial charge in [0.15, 0.2) is 0 Å². The summed E-state index contributed by atoms with van der Waals surface area (Å²) in [5.41, 5.74) is 0.549. The third kappa shape index (κ3) is 6.21. The van der Waals surface area contributed by atoms with Crippen molar-refractivity contribution in [3.05, 3.63) is 24.8 Å². The van der Waals surface area contributed by atoms with Crippen LogP contribution in [0.4, 0.5) is 0 Å². The fraction of sp³-hybridized carbons (Fsp3) is 0.667. The molecule has 0 bridgehead atoms. The Labute approximate surface area is 77.4 Å². The summed E-state index contributed by atoms with van der Waals surface area (Å²) < 4.78 is 0. The predicted octanol–water partition coefficient (Wildman–Crippen LogP) is 4.19. The smallest absolute Gasteiger partial charge is 0.0140 e. The van der Waals surface area contributed by atoms with Crippen molar-refractivity contribution in [3.63, 3.8) is 0 Å². The minimum atomic E-state index is 0.259. The monoisotopic (exact) mass is 166 g/mol. The van der Waals surface area contributed by atoms with Crippen LogP contribution >= 0.6 is 0 Å². The molecule has 0 unspecified atom stereocenters. The van der Waals surface area contributed by atoms with Crippen molar-refractivity contribution in [3.8, 4) is 0 Å². The third-order valence-electron chi connectivity index (χ3n) is 1.70. The van der Waals surface area contributed by atoms with Crippen molar-refractivity contribution in [2.75, 3.05) is 0 Å². The van der Waals surface area contributed by atoms with E-state index in [2.05, 4.69) is 53.3 Å². The van der Waals surface area contributed by atoms with Gasteiger partial charge in [0.25, 0.3) is 0 Å². The van der Waals surface area contributed by atoms with Gasteiger partial charge in [-0.2, -0.15) is 0 Å². The molecule has 0 aromatic rings. The van der Waals surface area contributed by atoms with E-state index >= 15 is 0 Å². The highest BCUT2D eigenvalue weighted by molar-refractivity contribution is 5.02. The fourth-order valence-corrected chi connectivity index (χ4v) is 0.916. The van der Waals surface area contributed by atoms with Crippen molar-refractivity contribution in [2.45, 2.75) is 41.0 Å². The van der Waals surface area contributed by atoms with Crippen LogP contribution in [0.5, 0.6) is 0 Å². The molecule has 0 aliphatic heterocycles. The largest absolute Gasteiger partial charge is 0.103 e. The molecule has 0 atom stereocenters. The Balaban J connectivity index is 4.22. The molecule has 0 heterocycles. The van der Waals surface area contributed by atoms with E-state index in [0.717, 1.165) is 6.42 Å².